The van der Waals surface area contributed by atoms with Crippen LogP contribution in [0.3, 0.4) is 0 Å². The van der Waals surface area contributed by atoms with E-state index in [9.17, 15) is 0 Å². The molecule has 0 aliphatic rings. The molecule has 1 aromatic rings. The van der Waals surface area contributed by atoms with Crippen LogP contribution in [-0.4, -0.2) is 28.6 Å². The van der Waals surface area contributed by atoms with E-state index in [0.29, 0.717) is 19.8 Å². The molecule has 3 nitrogen and oxygen atoms in total. The van der Waals surface area contributed by atoms with E-state index < -0.39 is 8.80 Å². The van der Waals surface area contributed by atoms with Gasteiger partial charge in [-0.25, -0.2) is 0 Å². The van der Waals surface area contributed by atoms with Gasteiger partial charge in [0.1, 0.15) is 0 Å². The van der Waals surface area contributed by atoms with Gasteiger partial charge in [0.15, 0.2) is 0 Å². The first-order chi connectivity index (χ1) is 11.2. The van der Waals surface area contributed by atoms with Crippen LogP contribution in [0.15, 0.2) is 48.2 Å². The standard InChI is InChI=1S/C13H28O3Si.C6H6/c1-5-9-13-17(14-10-6-2,15-11-7-3)16-12-8-4;1-2-4-6-5-3-1/h9,13H,5-8,10-12H2,1-4H3;1-6H. The van der Waals surface area contributed by atoms with Gasteiger partial charge in [0, 0.05) is 19.8 Å². The van der Waals surface area contributed by atoms with Gasteiger partial charge in [-0.3, -0.25) is 0 Å². The number of rotatable bonds is 11. The summed E-state index contributed by atoms with van der Waals surface area (Å²) in [5.41, 5.74) is 2.04. The average molecular weight is 339 g/mol. The topological polar surface area (TPSA) is 27.7 Å². The van der Waals surface area contributed by atoms with E-state index >= 15 is 0 Å². The van der Waals surface area contributed by atoms with Crippen LogP contribution in [0, 0.1) is 0 Å². The number of allylic oxidation sites excluding steroid dienone is 1. The lowest BCUT2D eigenvalue weighted by molar-refractivity contribution is 0.0715. The van der Waals surface area contributed by atoms with E-state index in [-0.39, 0.29) is 0 Å². The second-order valence-electron chi connectivity index (χ2n) is 5.11. The Labute approximate surface area is 144 Å². The highest BCUT2D eigenvalue weighted by atomic mass is 28.4. The third-order valence-corrected chi connectivity index (χ3v) is 5.21. The minimum absolute atomic E-state index is 0.702. The Hall–Kier alpha value is -0.943. The molecule has 1 rings (SSSR count). The Balaban J connectivity index is 0.000000664. The molecule has 0 atom stereocenters. The molecular weight excluding hydrogens is 304 g/mol. The third-order valence-electron chi connectivity index (χ3n) is 2.75. The van der Waals surface area contributed by atoms with Crippen molar-refractivity contribution in [2.45, 2.75) is 53.4 Å². The fourth-order valence-electron chi connectivity index (χ4n) is 1.65. The zero-order valence-electron chi connectivity index (χ0n) is 15.3. The normalized spacial score (nSPS) is 11.3. The van der Waals surface area contributed by atoms with Gasteiger partial charge in [-0.2, -0.15) is 0 Å². The number of hydrogen-bond donors (Lipinski definition) is 0. The molecule has 132 valence electrons. The first-order valence-electron chi connectivity index (χ1n) is 8.84. The Morgan fingerprint density at radius 1 is 0.652 bits per heavy atom. The SMILES string of the molecule is CCC=C[Si](OCCC)(OCCC)OCCC.c1ccccc1. The molecule has 0 N–H and O–H groups in total. The zero-order valence-corrected chi connectivity index (χ0v) is 16.3. The summed E-state index contributed by atoms with van der Waals surface area (Å²) in [6.45, 7) is 10.5. The Bertz CT molecular complexity index is 320. The van der Waals surface area contributed by atoms with E-state index in [1.165, 1.54) is 0 Å². The maximum absolute atomic E-state index is 5.89. The average Bonchev–Trinajstić information content (AvgIpc) is 2.62. The molecule has 1 aromatic carbocycles. The first-order valence-corrected chi connectivity index (χ1v) is 10.6. The van der Waals surface area contributed by atoms with E-state index in [1.807, 2.05) is 42.1 Å². The van der Waals surface area contributed by atoms with Gasteiger partial charge in [0.05, 0.1) is 0 Å². The lowest BCUT2D eigenvalue weighted by Gasteiger charge is -2.26. The van der Waals surface area contributed by atoms with Crippen molar-refractivity contribution in [3.05, 3.63) is 48.2 Å². The molecule has 0 unspecified atom stereocenters. The molecule has 0 spiro atoms. The summed E-state index contributed by atoms with van der Waals surface area (Å²) in [5, 5.41) is 0. The molecule has 23 heavy (non-hydrogen) atoms. The predicted octanol–water partition coefficient (Wildman–Crippen LogP) is 5.40. The molecular formula is C19H34O3Si. The number of hydrogen-bond acceptors (Lipinski definition) is 3. The second-order valence-corrected chi connectivity index (χ2v) is 7.52. The quantitative estimate of drug-likeness (QED) is 0.506. The van der Waals surface area contributed by atoms with E-state index in [2.05, 4.69) is 33.8 Å². The van der Waals surface area contributed by atoms with E-state index in [4.69, 9.17) is 13.3 Å². The summed E-state index contributed by atoms with van der Waals surface area (Å²) in [4.78, 5) is 0. The van der Waals surface area contributed by atoms with Crippen LogP contribution in [0.25, 0.3) is 0 Å². The summed E-state index contributed by atoms with van der Waals surface area (Å²) < 4.78 is 17.7. The molecule has 4 heteroatoms. The zero-order chi connectivity index (χ0) is 17.2. The van der Waals surface area contributed by atoms with Crippen LogP contribution in [0.4, 0.5) is 0 Å². The smallest absolute Gasteiger partial charge is 0.370 e. The van der Waals surface area contributed by atoms with Crippen LogP contribution < -0.4 is 0 Å². The highest BCUT2D eigenvalue weighted by Crippen LogP contribution is 2.14. The summed E-state index contributed by atoms with van der Waals surface area (Å²) in [5.74, 6) is 0. The third kappa shape index (κ3) is 12.2. The summed E-state index contributed by atoms with van der Waals surface area (Å²) in [7, 11) is -2.56. The van der Waals surface area contributed by atoms with Gasteiger partial charge >= 0.3 is 8.80 Å². The summed E-state index contributed by atoms with van der Waals surface area (Å²) >= 11 is 0. The van der Waals surface area contributed by atoms with Crippen molar-refractivity contribution in [1.29, 1.82) is 0 Å². The summed E-state index contributed by atoms with van der Waals surface area (Å²) in [6.07, 6.45) is 6.03. The number of benzene rings is 1. The van der Waals surface area contributed by atoms with Crippen molar-refractivity contribution >= 4 is 8.80 Å². The Kier molecular flexibility index (Phi) is 15.3. The van der Waals surface area contributed by atoms with Crippen molar-refractivity contribution in [2.75, 3.05) is 19.8 Å². The lowest BCUT2D eigenvalue weighted by Crippen LogP contribution is -2.45. The molecule has 0 amide bonds. The van der Waals surface area contributed by atoms with Gasteiger partial charge in [0.2, 0.25) is 0 Å². The van der Waals surface area contributed by atoms with Crippen molar-refractivity contribution in [3.63, 3.8) is 0 Å². The van der Waals surface area contributed by atoms with Crippen LogP contribution in [0.5, 0.6) is 0 Å². The van der Waals surface area contributed by atoms with Gasteiger partial charge in [0.25, 0.3) is 0 Å². The maximum atomic E-state index is 5.89. The Morgan fingerprint density at radius 3 is 1.26 bits per heavy atom. The van der Waals surface area contributed by atoms with E-state index in [0.717, 1.165) is 25.7 Å². The molecule has 0 saturated carbocycles. The fourth-order valence-corrected chi connectivity index (χ4v) is 4.18. The van der Waals surface area contributed by atoms with Crippen molar-refractivity contribution in [3.8, 4) is 0 Å². The largest absolute Gasteiger partial charge is 0.529 e. The van der Waals surface area contributed by atoms with Gasteiger partial charge in [-0.05, 0) is 31.4 Å². The van der Waals surface area contributed by atoms with Crippen molar-refractivity contribution in [2.24, 2.45) is 0 Å². The van der Waals surface area contributed by atoms with Crippen LogP contribution in [0.1, 0.15) is 53.4 Å². The monoisotopic (exact) mass is 338 g/mol. The molecule has 0 saturated heterocycles. The fraction of sp³-hybridized carbons (Fsp3) is 0.579. The molecule has 0 aromatic heterocycles. The second kappa shape index (κ2) is 15.9. The van der Waals surface area contributed by atoms with Crippen LogP contribution in [-0.2, 0) is 13.3 Å². The molecule has 0 fully saturated rings. The van der Waals surface area contributed by atoms with Crippen LogP contribution in [0.2, 0.25) is 0 Å². The highest BCUT2D eigenvalue weighted by Gasteiger charge is 2.37. The minimum Gasteiger partial charge on any atom is -0.370 e. The van der Waals surface area contributed by atoms with Crippen LogP contribution >= 0.6 is 0 Å². The lowest BCUT2D eigenvalue weighted by atomic mass is 10.4. The van der Waals surface area contributed by atoms with Crippen molar-refractivity contribution < 1.29 is 13.3 Å². The van der Waals surface area contributed by atoms with Crippen molar-refractivity contribution in [1.82, 2.24) is 0 Å². The van der Waals surface area contributed by atoms with Gasteiger partial charge in [-0.15, -0.1) is 0 Å². The summed E-state index contributed by atoms with van der Waals surface area (Å²) in [6, 6.07) is 12.0. The van der Waals surface area contributed by atoms with Gasteiger partial charge < -0.3 is 13.3 Å². The maximum Gasteiger partial charge on any atom is 0.529 e. The molecule has 0 bridgehead atoms. The molecule has 0 aliphatic carbocycles. The predicted molar refractivity (Wildman–Crippen MR) is 100 cm³/mol. The first kappa shape index (κ1) is 22.1. The molecule has 0 radical (unpaired) electrons. The molecule has 0 aliphatic heterocycles. The van der Waals surface area contributed by atoms with E-state index in [1.54, 1.807) is 0 Å². The minimum atomic E-state index is -2.56. The Morgan fingerprint density at radius 2 is 1.00 bits per heavy atom. The highest BCUT2D eigenvalue weighted by molar-refractivity contribution is 6.66. The van der Waals surface area contributed by atoms with Gasteiger partial charge in [-0.1, -0.05) is 70.2 Å². The molecule has 0 heterocycles.